The highest BCUT2D eigenvalue weighted by atomic mass is 32.1. The lowest BCUT2D eigenvalue weighted by Gasteiger charge is -2.01. The molecule has 3 aromatic carbocycles. The van der Waals surface area contributed by atoms with Gasteiger partial charge >= 0.3 is 0 Å². The van der Waals surface area contributed by atoms with Crippen LogP contribution in [0.4, 0.5) is 10.8 Å². The van der Waals surface area contributed by atoms with Gasteiger partial charge in [-0.2, -0.15) is 0 Å². The summed E-state index contributed by atoms with van der Waals surface area (Å²) in [6.45, 7) is 2.66. The molecule has 1 N–H and O–H groups in total. The Labute approximate surface area is 174 Å². The van der Waals surface area contributed by atoms with E-state index in [1.807, 2.05) is 72.3 Å². The summed E-state index contributed by atoms with van der Waals surface area (Å²) in [5, 5.41) is 10.0. The van der Waals surface area contributed by atoms with Crippen LogP contribution in [0.15, 0.2) is 84.9 Å². The van der Waals surface area contributed by atoms with Crippen molar-refractivity contribution in [1.29, 1.82) is 0 Å². The first kappa shape index (κ1) is 18.9. The summed E-state index contributed by atoms with van der Waals surface area (Å²) in [7, 11) is 0. The van der Waals surface area contributed by atoms with Gasteiger partial charge in [-0.3, -0.25) is 0 Å². The van der Waals surface area contributed by atoms with Crippen molar-refractivity contribution >= 4 is 34.3 Å². The summed E-state index contributed by atoms with van der Waals surface area (Å²) < 4.78 is 7.48. The molecule has 0 amide bonds. The molecule has 0 aliphatic rings. The predicted molar refractivity (Wildman–Crippen MR) is 120 cm³/mol. The molecule has 0 atom stereocenters. The van der Waals surface area contributed by atoms with Gasteiger partial charge in [0.15, 0.2) is 0 Å². The van der Waals surface area contributed by atoms with E-state index in [0.717, 1.165) is 32.8 Å². The molecule has 4 nitrogen and oxygen atoms in total. The van der Waals surface area contributed by atoms with E-state index in [4.69, 9.17) is 9.84 Å². The summed E-state index contributed by atoms with van der Waals surface area (Å²) in [5.41, 5.74) is 3.15. The summed E-state index contributed by atoms with van der Waals surface area (Å²) >= 11 is 1.61. The lowest BCUT2D eigenvalue weighted by molar-refractivity contribution is -0.654. The molecule has 1 heterocycles. The summed E-state index contributed by atoms with van der Waals surface area (Å²) in [6, 6.07) is 28.3. The first-order valence-electron chi connectivity index (χ1n) is 9.53. The van der Waals surface area contributed by atoms with E-state index in [1.165, 1.54) is 0 Å². The maximum Gasteiger partial charge on any atom is 0.297 e. The smallest absolute Gasteiger partial charge is 0.297 e. The monoisotopic (exact) mass is 400 g/mol. The minimum Gasteiger partial charge on any atom is -0.494 e. The molecule has 144 valence electrons. The van der Waals surface area contributed by atoms with Crippen LogP contribution in [0.3, 0.4) is 0 Å². The molecule has 0 aliphatic heterocycles. The van der Waals surface area contributed by atoms with Crippen molar-refractivity contribution in [2.45, 2.75) is 6.92 Å². The number of benzene rings is 3. The van der Waals surface area contributed by atoms with E-state index in [9.17, 15) is 0 Å². The van der Waals surface area contributed by atoms with E-state index in [2.05, 4.69) is 41.7 Å². The van der Waals surface area contributed by atoms with Gasteiger partial charge in [0, 0.05) is 29.0 Å². The number of anilines is 2. The van der Waals surface area contributed by atoms with Gasteiger partial charge in [-0.25, -0.2) is 0 Å². The van der Waals surface area contributed by atoms with Crippen LogP contribution in [0, 0.1) is 0 Å². The molecular formula is C24H22N3OS+. The van der Waals surface area contributed by atoms with Crippen LogP contribution in [0.1, 0.15) is 17.5 Å². The van der Waals surface area contributed by atoms with Crippen LogP contribution in [0.5, 0.6) is 5.75 Å². The summed E-state index contributed by atoms with van der Waals surface area (Å²) in [6.07, 6.45) is 4.19. The Morgan fingerprint density at radius 1 is 0.897 bits per heavy atom. The van der Waals surface area contributed by atoms with Crippen molar-refractivity contribution in [3.63, 3.8) is 0 Å². The standard InChI is InChI=1S/C24H22N3OS/c1-2-28-22-16-13-19(14-17-22)15-18-23-27(21-11-7-4-8-12-21)26-24(29-23)25-20-9-5-3-6-10-20/h3-18H,2H2,1H3,(H,25,26)/q+1/b18-15+. The predicted octanol–water partition coefficient (Wildman–Crippen LogP) is 5.73. The van der Waals surface area contributed by atoms with Crippen molar-refractivity contribution in [2.75, 3.05) is 11.9 Å². The molecule has 5 heteroatoms. The van der Waals surface area contributed by atoms with Crippen molar-refractivity contribution in [2.24, 2.45) is 0 Å². The Morgan fingerprint density at radius 3 is 2.28 bits per heavy atom. The van der Waals surface area contributed by atoms with Crippen molar-refractivity contribution in [3.8, 4) is 11.4 Å². The van der Waals surface area contributed by atoms with E-state index < -0.39 is 0 Å². The van der Waals surface area contributed by atoms with Crippen LogP contribution < -0.4 is 14.7 Å². The Bertz CT molecular complexity index is 1070. The molecule has 0 radical (unpaired) electrons. The van der Waals surface area contributed by atoms with E-state index in [1.54, 1.807) is 11.3 Å². The minimum absolute atomic E-state index is 0.671. The zero-order chi connectivity index (χ0) is 19.9. The van der Waals surface area contributed by atoms with Gasteiger partial charge < -0.3 is 10.1 Å². The Kier molecular flexibility index (Phi) is 5.98. The average molecular weight is 401 g/mol. The fraction of sp³-hybridized carbons (Fsp3) is 0.0833. The van der Waals surface area contributed by atoms with Crippen molar-refractivity contribution in [3.05, 3.63) is 95.5 Å². The van der Waals surface area contributed by atoms with Gasteiger partial charge in [0.2, 0.25) is 5.69 Å². The molecule has 0 bridgehead atoms. The lowest BCUT2D eigenvalue weighted by atomic mass is 10.2. The number of nitrogens with one attached hydrogen (secondary N) is 1. The van der Waals surface area contributed by atoms with Crippen LogP contribution in [-0.4, -0.2) is 11.7 Å². The fourth-order valence-corrected chi connectivity index (χ4v) is 3.72. The zero-order valence-corrected chi connectivity index (χ0v) is 17.0. The van der Waals surface area contributed by atoms with Crippen LogP contribution in [-0.2, 0) is 0 Å². The van der Waals surface area contributed by atoms with Crippen LogP contribution >= 0.6 is 11.3 Å². The first-order valence-corrected chi connectivity index (χ1v) is 10.3. The number of rotatable bonds is 7. The molecule has 4 aromatic rings. The number of nitrogens with zero attached hydrogens (tertiary/aromatic N) is 2. The van der Waals surface area contributed by atoms with Crippen molar-refractivity contribution in [1.82, 2.24) is 5.10 Å². The normalized spacial score (nSPS) is 10.9. The highest BCUT2D eigenvalue weighted by Crippen LogP contribution is 2.23. The fourth-order valence-electron chi connectivity index (χ4n) is 2.87. The molecule has 0 spiro atoms. The topological polar surface area (TPSA) is 38.0 Å². The van der Waals surface area contributed by atoms with Gasteiger partial charge in [0.25, 0.3) is 10.1 Å². The number of ether oxygens (including phenoxy) is 1. The molecule has 29 heavy (non-hydrogen) atoms. The maximum atomic E-state index is 5.52. The molecule has 0 aliphatic carbocycles. The number of aromatic nitrogens is 2. The Balaban J connectivity index is 1.63. The quantitative estimate of drug-likeness (QED) is 0.403. The molecule has 0 unspecified atom stereocenters. The molecule has 1 aromatic heterocycles. The summed E-state index contributed by atoms with van der Waals surface area (Å²) in [5.74, 6) is 0.885. The highest BCUT2D eigenvalue weighted by molar-refractivity contribution is 7.15. The third-order valence-electron chi connectivity index (χ3n) is 4.24. The third kappa shape index (κ3) is 4.89. The minimum atomic E-state index is 0.671. The van der Waals surface area contributed by atoms with Gasteiger partial charge in [0.1, 0.15) is 5.75 Å². The first-order chi connectivity index (χ1) is 14.3. The zero-order valence-electron chi connectivity index (χ0n) is 16.2. The molecule has 0 saturated heterocycles. The second-order valence-electron chi connectivity index (χ2n) is 6.32. The van der Waals surface area contributed by atoms with Gasteiger partial charge in [0.05, 0.1) is 6.61 Å². The van der Waals surface area contributed by atoms with Gasteiger partial charge in [-0.1, -0.05) is 48.5 Å². The Hall–Kier alpha value is -3.44. The maximum absolute atomic E-state index is 5.52. The largest absolute Gasteiger partial charge is 0.494 e. The second-order valence-corrected chi connectivity index (χ2v) is 7.33. The molecule has 0 fully saturated rings. The third-order valence-corrected chi connectivity index (χ3v) is 5.13. The molecule has 0 saturated carbocycles. The molecular weight excluding hydrogens is 378 g/mol. The molecule has 4 rings (SSSR count). The Morgan fingerprint density at radius 2 is 1.59 bits per heavy atom. The van der Waals surface area contributed by atoms with Crippen LogP contribution in [0.25, 0.3) is 17.8 Å². The number of para-hydroxylation sites is 2. The van der Waals surface area contributed by atoms with Crippen LogP contribution in [0.2, 0.25) is 0 Å². The SMILES string of the molecule is CCOc1ccc(/C=C/c2sc(Nc3ccccc3)n[n+]2-c2ccccc2)cc1. The second kappa shape index (κ2) is 9.17. The number of hydrogen-bond donors (Lipinski definition) is 1. The summed E-state index contributed by atoms with van der Waals surface area (Å²) in [4.78, 5) is 0. The average Bonchev–Trinajstić information content (AvgIpc) is 3.17. The number of hydrogen-bond acceptors (Lipinski definition) is 4. The lowest BCUT2D eigenvalue weighted by Crippen LogP contribution is -2.35. The van der Waals surface area contributed by atoms with E-state index in [0.29, 0.717) is 6.61 Å². The highest BCUT2D eigenvalue weighted by Gasteiger charge is 2.20. The van der Waals surface area contributed by atoms with Gasteiger partial charge in [-0.15, -0.1) is 0 Å². The van der Waals surface area contributed by atoms with Gasteiger partial charge in [-0.05, 0) is 58.8 Å². The van der Waals surface area contributed by atoms with E-state index in [-0.39, 0.29) is 0 Å². The van der Waals surface area contributed by atoms with E-state index >= 15 is 0 Å². The van der Waals surface area contributed by atoms with Crippen molar-refractivity contribution < 1.29 is 9.42 Å².